The Hall–Kier alpha value is -2.20. The van der Waals surface area contributed by atoms with Gasteiger partial charge < -0.3 is 5.32 Å². The van der Waals surface area contributed by atoms with Crippen LogP contribution in [-0.4, -0.2) is 9.97 Å². The SMILES string of the molecule is Cc1ccc(-c2csc(Nc3cccnc3)n2)c(C)c1. The molecule has 3 rings (SSSR count). The quantitative estimate of drug-likeness (QED) is 0.764. The van der Waals surface area contributed by atoms with E-state index in [-0.39, 0.29) is 0 Å². The van der Waals surface area contributed by atoms with E-state index in [9.17, 15) is 0 Å². The van der Waals surface area contributed by atoms with Crippen LogP contribution in [0.25, 0.3) is 11.3 Å². The van der Waals surface area contributed by atoms with E-state index in [0.29, 0.717) is 0 Å². The summed E-state index contributed by atoms with van der Waals surface area (Å²) in [5.74, 6) is 0. The van der Waals surface area contributed by atoms with E-state index in [1.165, 1.54) is 16.7 Å². The van der Waals surface area contributed by atoms with Crippen molar-refractivity contribution in [2.45, 2.75) is 13.8 Å². The van der Waals surface area contributed by atoms with E-state index in [4.69, 9.17) is 0 Å². The van der Waals surface area contributed by atoms with Gasteiger partial charge in [-0.2, -0.15) is 0 Å². The third kappa shape index (κ3) is 2.70. The van der Waals surface area contributed by atoms with Gasteiger partial charge in [0.2, 0.25) is 0 Å². The molecule has 3 nitrogen and oxygen atoms in total. The van der Waals surface area contributed by atoms with Crippen LogP contribution >= 0.6 is 11.3 Å². The second-order valence-electron chi connectivity index (χ2n) is 4.72. The number of nitrogens with one attached hydrogen (secondary N) is 1. The molecular weight excluding hydrogens is 266 g/mol. The minimum atomic E-state index is 0.882. The molecule has 0 amide bonds. The number of rotatable bonds is 3. The lowest BCUT2D eigenvalue weighted by Gasteiger charge is -2.04. The highest BCUT2D eigenvalue weighted by molar-refractivity contribution is 7.14. The Bertz CT molecular complexity index is 720. The maximum absolute atomic E-state index is 4.65. The van der Waals surface area contributed by atoms with E-state index in [2.05, 4.69) is 52.7 Å². The molecule has 1 N–H and O–H groups in total. The summed E-state index contributed by atoms with van der Waals surface area (Å²) in [7, 11) is 0. The molecule has 0 aliphatic heterocycles. The number of benzene rings is 1. The molecule has 3 aromatic rings. The highest BCUT2D eigenvalue weighted by Crippen LogP contribution is 2.29. The largest absolute Gasteiger partial charge is 0.330 e. The smallest absolute Gasteiger partial charge is 0.187 e. The number of thiazole rings is 1. The average molecular weight is 281 g/mol. The molecule has 0 radical (unpaired) electrons. The van der Waals surface area contributed by atoms with E-state index < -0.39 is 0 Å². The van der Waals surface area contributed by atoms with Crippen molar-refractivity contribution in [2.75, 3.05) is 5.32 Å². The van der Waals surface area contributed by atoms with Gasteiger partial charge in [-0.25, -0.2) is 4.98 Å². The first kappa shape index (κ1) is 12.8. The molecule has 0 atom stereocenters. The summed E-state index contributed by atoms with van der Waals surface area (Å²) in [6, 6.07) is 10.3. The third-order valence-corrected chi connectivity index (χ3v) is 3.83. The Morgan fingerprint density at radius 1 is 1.15 bits per heavy atom. The van der Waals surface area contributed by atoms with Crippen LogP contribution in [0.5, 0.6) is 0 Å². The van der Waals surface area contributed by atoms with Crippen molar-refractivity contribution >= 4 is 22.2 Å². The number of aromatic nitrogens is 2. The molecule has 0 spiro atoms. The first-order chi connectivity index (χ1) is 9.72. The minimum Gasteiger partial charge on any atom is -0.330 e. The van der Waals surface area contributed by atoms with E-state index >= 15 is 0 Å². The molecule has 0 aliphatic carbocycles. The van der Waals surface area contributed by atoms with E-state index in [1.807, 2.05) is 12.1 Å². The Labute approximate surface area is 122 Å². The zero-order valence-corrected chi connectivity index (χ0v) is 12.2. The van der Waals surface area contributed by atoms with Gasteiger partial charge in [-0.3, -0.25) is 4.98 Å². The van der Waals surface area contributed by atoms with Gasteiger partial charge in [0.15, 0.2) is 5.13 Å². The summed E-state index contributed by atoms with van der Waals surface area (Å²) < 4.78 is 0. The number of hydrogen-bond donors (Lipinski definition) is 1. The molecule has 100 valence electrons. The summed E-state index contributed by atoms with van der Waals surface area (Å²) in [6.07, 6.45) is 3.55. The molecule has 20 heavy (non-hydrogen) atoms. The molecule has 2 aromatic heterocycles. The summed E-state index contributed by atoms with van der Waals surface area (Å²) >= 11 is 1.60. The fraction of sp³-hybridized carbons (Fsp3) is 0.125. The van der Waals surface area contributed by atoms with Gasteiger partial charge in [-0.05, 0) is 31.5 Å². The monoisotopic (exact) mass is 281 g/mol. The number of hydrogen-bond acceptors (Lipinski definition) is 4. The van der Waals surface area contributed by atoms with Crippen molar-refractivity contribution in [3.63, 3.8) is 0 Å². The average Bonchev–Trinajstić information content (AvgIpc) is 2.88. The highest BCUT2D eigenvalue weighted by atomic mass is 32.1. The Kier molecular flexibility index (Phi) is 3.48. The van der Waals surface area contributed by atoms with Gasteiger partial charge in [0, 0.05) is 17.1 Å². The van der Waals surface area contributed by atoms with Crippen LogP contribution in [0.4, 0.5) is 10.8 Å². The fourth-order valence-corrected chi connectivity index (χ4v) is 2.85. The number of pyridine rings is 1. The molecule has 0 unspecified atom stereocenters. The van der Waals surface area contributed by atoms with Gasteiger partial charge >= 0.3 is 0 Å². The molecule has 2 heterocycles. The molecule has 0 fully saturated rings. The number of anilines is 2. The van der Waals surface area contributed by atoms with Gasteiger partial charge in [0.25, 0.3) is 0 Å². The molecular formula is C16H15N3S. The maximum atomic E-state index is 4.65. The molecule has 1 aromatic carbocycles. The standard InChI is InChI=1S/C16H15N3S/c1-11-5-6-14(12(2)8-11)15-10-20-16(19-15)18-13-4-3-7-17-9-13/h3-10H,1-2H3,(H,18,19). The van der Waals surface area contributed by atoms with Crippen molar-refractivity contribution in [2.24, 2.45) is 0 Å². The fourth-order valence-electron chi connectivity index (χ4n) is 2.12. The molecule has 0 saturated carbocycles. The zero-order chi connectivity index (χ0) is 13.9. The Morgan fingerprint density at radius 2 is 2.05 bits per heavy atom. The summed E-state index contributed by atoms with van der Waals surface area (Å²) in [6.45, 7) is 4.23. The van der Waals surface area contributed by atoms with Crippen molar-refractivity contribution in [3.05, 3.63) is 59.2 Å². The second kappa shape index (κ2) is 5.43. The molecule has 0 aliphatic rings. The lowest BCUT2D eigenvalue weighted by molar-refractivity contribution is 1.30. The minimum absolute atomic E-state index is 0.882. The van der Waals surface area contributed by atoms with Gasteiger partial charge in [-0.1, -0.05) is 23.8 Å². The van der Waals surface area contributed by atoms with Crippen molar-refractivity contribution in [1.82, 2.24) is 9.97 Å². The first-order valence-electron chi connectivity index (χ1n) is 6.42. The predicted octanol–water partition coefficient (Wildman–Crippen LogP) is 4.57. The van der Waals surface area contributed by atoms with Gasteiger partial charge in [-0.15, -0.1) is 11.3 Å². The highest BCUT2D eigenvalue weighted by Gasteiger charge is 2.07. The van der Waals surface area contributed by atoms with Crippen LogP contribution in [0.15, 0.2) is 48.1 Å². The molecule has 4 heteroatoms. The van der Waals surface area contributed by atoms with Crippen LogP contribution in [-0.2, 0) is 0 Å². The zero-order valence-electron chi connectivity index (χ0n) is 11.4. The summed E-state index contributed by atoms with van der Waals surface area (Å²) in [4.78, 5) is 8.73. The summed E-state index contributed by atoms with van der Waals surface area (Å²) in [5, 5.41) is 6.23. The van der Waals surface area contributed by atoms with E-state index in [0.717, 1.165) is 16.5 Å². The molecule has 0 bridgehead atoms. The first-order valence-corrected chi connectivity index (χ1v) is 7.30. The van der Waals surface area contributed by atoms with Crippen molar-refractivity contribution in [1.29, 1.82) is 0 Å². The van der Waals surface area contributed by atoms with Crippen LogP contribution in [0, 0.1) is 13.8 Å². The van der Waals surface area contributed by atoms with Crippen molar-refractivity contribution in [3.8, 4) is 11.3 Å². The normalized spacial score (nSPS) is 10.5. The lowest BCUT2D eigenvalue weighted by Crippen LogP contribution is -1.90. The summed E-state index contributed by atoms with van der Waals surface area (Å²) in [5.41, 5.74) is 5.68. The molecule has 0 saturated heterocycles. The van der Waals surface area contributed by atoms with Crippen LogP contribution in [0.1, 0.15) is 11.1 Å². The van der Waals surface area contributed by atoms with Crippen LogP contribution in [0.2, 0.25) is 0 Å². The predicted molar refractivity (Wildman–Crippen MR) is 84.5 cm³/mol. The lowest BCUT2D eigenvalue weighted by atomic mass is 10.0. The van der Waals surface area contributed by atoms with Crippen molar-refractivity contribution < 1.29 is 0 Å². The maximum Gasteiger partial charge on any atom is 0.187 e. The number of aryl methyl sites for hydroxylation is 2. The Morgan fingerprint density at radius 3 is 2.80 bits per heavy atom. The van der Waals surface area contributed by atoms with E-state index in [1.54, 1.807) is 23.7 Å². The number of nitrogens with zero attached hydrogens (tertiary/aromatic N) is 2. The van der Waals surface area contributed by atoms with Crippen LogP contribution in [0.3, 0.4) is 0 Å². The third-order valence-electron chi connectivity index (χ3n) is 3.07. The Balaban J connectivity index is 1.87. The topological polar surface area (TPSA) is 37.8 Å². The van der Waals surface area contributed by atoms with Crippen LogP contribution < -0.4 is 5.32 Å². The second-order valence-corrected chi connectivity index (χ2v) is 5.58. The van der Waals surface area contributed by atoms with Gasteiger partial charge in [0.1, 0.15) is 0 Å². The van der Waals surface area contributed by atoms with Gasteiger partial charge in [0.05, 0.1) is 17.6 Å².